The van der Waals surface area contributed by atoms with E-state index in [0.29, 0.717) is 24.1 Å². The summed E-state index contributed by atoms with van der Waals surface area (Å²) < 4.78 is 5.18. The molecule has 32 heavy (non-hydrogen) atoms. The van der Waals surface area contributed by atoms with E-state index in [1.54, 1.807) is 6.92 Å². The summed E-state index contributed by atoms with van der Waals surface area (Å²) in [7, 11) is 0. The molecule has 2 atom stereocenters. The molecule has 0 bridgehead atoms. The van der Waals surface area contributed by atoms with Gasteiger partial charge in [0.25, 0.3) is 0 Å². The molecule has 0 aliphatic carbocycles. The zero-order chi connectivity index (χ0) is 22.7. The van der Waals surface area contributed by atoms with Gasteiger partial charge in [0.15, 0.2) is 5.92 Å². The number of piperazine rings is 1. The van der Waals surface area contributed by atoms with Crippen molar-refractivity contribution in [3.05, 3.63) is 64.7 Å². The molecule has 2 aromatic rings. The van der Waals surface area contributed by atoms with Gasteiger partial charge in [-0.15, -0.1) is 0 Å². The molecule has 168 valence electrons. The molecule has 2 aliphatic heterocycles. The molecule has 2 aromatic carbocycles. The van der Waals surface area contributed by atoms with Crippen LogP contribution in [0.25, 0.3) is 0 Å². The maximum Gasteiger partial charge on any atom is 0.321 e. The monoisotopic (exact) mass is 454 g/mol. The third-order valence-corrected chi connectivity index (χ3v) is 6.04. The Bertz CT molecular complexity index is 1020. The van der Waals surface area contributed by atoms with Crippen LogP contribution in [0.4, 0.5) is 5.69 Å². The summed E-state index contributed by atoms with van der Waals surface area (Å²) >= 11 is 6.13. The highest BCUT2D eigenvalue weighted by molar-refractivity contribution is 6.30. The molecule has 1 N–H and O–H groups in total. The first-order chi connectivity index (χ1) is 15.5. The van der Waals surface area contributed by atoms with Crippen molar-refractivity contribution < 1.29 is 14.3 Å². The Kier molecular flexibility index (Phi) is 6.65. The number of anilines is 1. The predicted molar refractivity (Wildman–Crippen MR) is 125 cm³/mol. The van der Waals surface area contributed by atoms with Crippen LogP contribution in [-0.4, -0.2) is 55.5 Å². The molecule has 1 fully saturated rings. The average molecular weight is 455 g/mol. The largest absolute Gasteiger partial charge is 0.465 e. The molecule has 2 heterocycles. The van der Waals surface area contributed by atoms with Gasteiger partial charge in [0.05, 0.1) is 6.61 Å². The Labute approximate surface area is 193 Å². The number of hydrogen-bond donors (Lipinski definition) is 1. The van der Waals surface area contributed by atoms with E-state index in [2.05, 4.69) is 15.1 Å². The number of rotatable bonds is 4. The van der Waals surface area contributed by atoms with Gasteiger partial charge in [0, 0.05) is 36.9 Å². The standard InChI is InChI=1S/C24H27ClN4O3/c1-3-32-23(31)20-21(17-9-7-16(2)8-10-17)26-24(27-22(20)30)29-13-11-28(12-14-29)19-6-4-5-18(25)15-19/h4-10,15,20-21H,3,11-14H2,1-2H3,(H,26,27,30). The lowest BCUT2D eigenvalue weighted by atomic mass is 9.91. The molecule has 0 radical (unpaired) electrons. The van der Waals surface area contributed by atoms with Crippen LogP contribution in [0, 0.1) is 12.8 Å². The average Bonchev–Trinajstić information content (AvgIpc) is 2.79. The number of guanidine groups is 1. The van der Waals surface area contributed by atoms with E-state index < -0.39 is 17.9 Å². The van der Waals surface area contributed by atoms with Gasteiger partial charge in [-0.05, 0) is 37.6 Å². The van der Waals surface area contributed by atoms with Crippen molar-refractivity contribution in [1.82, 2.24) is 10.2 Å². The zero-order valence-corrected chi connectivity index (χ0v) is 19.0. The van der Waals surface area contributed by atoms with Crippen molar-refractivity contribution in [1.29, 1.82) is 0 Å². The van der Waals surface area contributed by atoms with Gasteiger partial charge >= 0.3 is 5.97 Å². The molecule has 0 spiro atoms. The van der Waals surface area contributed by atoms with E-state index in [9.17, 15) is 9.59 Å². The van der Waals surface area contributed by atoms with Gasteiger partial charge < -0.3 is 14.5 Å². The number of nitrogens with one attached hydrogen (secondary N) is 1. The first-order valence-electron chi connectivity index (χ1n) is 10.8. The molecular formula is C24H27ClN4O3. The lowest BCUT2D eigenvalue weighted by Gasteiger charge is -2.39. The summed E-state index contributed by atoms with van der Waals surface area (Å²) in [6, 6.07) is 14.9. The normalized spacial score (nSPS) is 21.1. The minimum absolute atomic E-state index is 0.214. The van der Waals surface area contributed by atoms with E-state index in [0.717, 1.165) is 29.9 Å². The Morgan fingerprint density at radius 1 is 1.12 bits per heavy atom. The summed E-state index contributed by atoms with van der Waals surface area (Å²) in [5, 5.41) is 3.56. The maximum absolute atomic E-state index is 13.0. The molecule has 7 nitrogen and oxygen atoms in total. The van der Waals surface area contributed by atoms with Gasteiger partial charge in [0.1, 0.15) is 6.04 Å². The molecule has 1 saturated heterocycles. The lowest BCUT2D eigenvalue weighted by Crippen LogP contribution is -2.57. The highest BCUT2D eigenvalue weighted by Gasteiger charge is 2.42. The van der Waals surface area contributed by atoms with Crippen LogP contribution in [0.2, 0.25) is 5.02 Å². The summed E-state index contributed by atoms with van der Waals surface area (Å²) in [5.41, 5.74) is 2.99. The van der Waals surface area contributed by atoms with Crippen molar-refractivity contribution >= 4 is 35.1 Å². The van der Waals surface area contributed by atoms with Crippen LogP contribution in [0.1, 0.15) is 24.1 Å². The van der Waals surface area contributed by atoms with Gasteiger partial charge in [-0.3, -0.25) is 14.9 Å². The van der Waals surface area contributed by atoms with Crippen LogP contribution in [0.5, 0.6) is 0 Å². The smallest absolute Gasteiger partial charge is 0.321 e. The van der Waals surface area contributed by atoms with Crippen molar-refractivity contribution in [3.63, 3.8) is 0 Å². The number of carbonyl (C=O) groups is 2. The molecule has 2 unspecified atom stereocenters. The first-order valence-corrected chi connectivity index (χ1v) is 11.2. The van der Waals surface area contributed by atoms with E-state index in [-0.39, 0.29) is 12.5 Å². The third-order valence-electron chi connectivity index (χ3n) is 5.81. The fourth-order valence-corrected chi connectivity index (χ4v) is 4.26. The Hall–Kier alpha value is -3.06. The molecule has 1 amide bonds. The molecule has 0 saturated carbocycles. The molecule has 0 aromatic heterocycles. The second-order valence-electron chi connectivity index (χ2n) is 7.98. The van der Waals surface area contributed by atoms with E-state index in [4.69, 9.17) is 21.3 Å². The Morgan fingerprint density at radius 3 is 2.47 bits per heavy atom. The number of nitrogens with zero attached hydrogens (tertiary/aromatic N) is 3. The molecule has 4 rings (SSSR count). The number of amides is 1. The highest BCUT2D eigenvalue weighted by atomic mass is 35.5. The number of halogens is 1. The minimum Gasteiger partial charge on any atom is -0.465 e. The maximum atomic E-state index is 13.0. The highest BCUT2D eigenvalue weighted by Crippen LogP contribution is 2.31. The second kappa shape index (κ2) is 9.61. The number of carbonyl (C=O) groups excluding carboxylic acids is 2. The summed E-state index contributed by atoms with van der Waals surface area (Å²) in [5.74, 6) is -1.43. The number of aliphatic imine (C=N–C) groups is 1. The molecular weight excluding hydrogens is 428 g/mol. The van der Waals surface area contributed by atoms with Gasteiger partial charge in [0.2, 0.25) is 11.9 Å². The van der Waals surface area contributed by atoms with Crippen LogP contribution in [0.15, 0.2) is 53.5 Å². The summed E-state index contributed by atoms with van der Waals surface area (Å²) in [6.45, 7) is 6.86. The third kappa shape index (κ3) is 4.72. The Morgan fingerprint density at radius 2 is 1.81 bits per heavy atom. The van der Waals surface area contributed by atoms with Crippen LogP contribution >= 0.6 is 11.6 Å². The quantitative estimate of drug-likeness (QED) is 0.567. The second-order valence-corrected chi connectivity index (χ2v) is 8.42. The fraction of sp³-hybridized carbons (Fsp3) is 0.375. The number of hydrogen-bond acceptors (Lipinski definition) is 6. The van der Waals surface area contributed by atoms with Crippen LogP contribution in [0.3, 0.4) is 0 Å². The minimum atomic E-state index is -1.01. The number of ether oxygens (including phenoxy) is 1. The first kappa shape index (κ1) is 22.1. The van der Waals surface area contributed by atoms with Gasteiger partial charge in [-0.25, -0.2) is 4.99 Å². The lowest BCUT2D eigenvalue weighted by molar-refractivity contribution is -0.153. The van der Waals surface area contributed by atoms with Crippen molar-refractivity contribution in [2.45, 2.75) is 19.9 Å². The van der Waals surface area contributed by atoms with E-state index in [1.165, 1.54) is 0 Å². The van der Waals surface area contributed by atoms with E-state index in [1.807, 2.05) is 55.5 Å². The van der Waals surface area contributed by atoms with Crippen molar-refractivity contribution in [2.75, 3.05) is 37.7 Å². The fourth-order valence-electron chi connectivity index (χ4n) is 4.08. The molecule has 2 aliphatic rings. The summed E-state index contributed by atoms with van der Waals surface area (Å²) in [4.78, 5) is 34.7. The number of esters is 1. The van der Waals surface area contributed by atoms with Crippen molar-refractivity contribution in [3.8, 4) is 0 Å². The SMILES string of the molecule is CCOC(=O)C1C(=O)NC(N2CCN(c3cccc(Cl)c3)CC2)=NC1c1ccc(C)cc1. The summed E-state index contributed by atoms with van der Waals surface area (Å²) in [6.07, 6.45) is 0. The Balaban J connectivity index is 1.56. The molecule has 8 heteroatoms. The van der Waals surface area contributed by atoms with Gasteiger partial charge in [-0.2, -0.15) is 0 Å². The topological polar surface area (TPSA) is 74.2 Å². The zero-order valence-electron chi connectivity index (χ0n) is 18.3. The van der Waals surface area contributed by atoms with Crippen LogP contribution in [-0.2, 0) is 14.3 Å². The van der Waals surface area contributed by atoms with Gasteiger partial charge in [-0.1, -0.05) is 47.5 Å². The van der Waals surface area contributed by atoms with Crippen LogP contribution < -0.4 is 10.2 Å². The van der Waals surface area contributed by atoms with E-state index >= 15 is 0 Å². The number of benzene rings is 2. The number of aryl methyl sites for hydroxylation is 1. The predicted octanol–water partition coefficient (Wildman–Crippen LogP) is 3.18. The van der Waals surface area contributed by atoms with Crippen molar-refractivity contribution in [2.24, 2.45) is 10.9 Å².